The maximum absolute atomic E-state index is 12.4. The third kappa shape index (κ3) is 3.16. The molecule has 1 atom stereocenters. The van der Waals surface area contributed by atoms with E-state index in [-0.39, 0.29) is 11.3 Å². The molecule has 4 heteroatoms. The van der Waals surface area contributed by atoms with Crippen molar-refractivity contribution in [1.82, 2.24) is 5.32 Å². The molecule has 1 saturated heterocycles. The van der Waals surface area contributed by atoms with Crippen molar-refractivity contribution in [2.24, 2.45) is 11.1 Å². The van der Waals surface area contributed by atoms with Crippen LogP contribution in [0.2, 0.25) is 0 Å². The van der Waals surface area contributed by atoms with Gasteiger partial charge in [0.15, 0.2) is 0 Å². The van der Waals surface area contributed by atoms with Gasteiger partial charge in [0.1, 0.15) is 0 Å². The van der Waals surface area contributed by atoms with E-state index in [1.165, 1.54) is 18.6 Å². The minimum Gasteiger partial charge on any atom is -0.352 e. The Morgan fingerprint density at radius 3 is 2.65 bits per heavy atom. The number of hydrogen-bond acceptors (Lipinski definition) is 3. The van der Waals surface area contributed by atoms with Crippen LogP contribution in [0.25, 0.3) is 0 Å². The van der Waals surface area contributed by atoms with Gasteiger partial charge in [-0.2, -0.15) is 11.8 Å². The molecule has 98 valence electrons. The summed E-state index contributed by atoms with van der Waals surface area (Å²) in [6.45, 7) is 0.513. The number of carbonyl (C=O) groups is 1. The number of amides is 1. The van der Waals surface area contributed by atoms with Crippen LogP contribution in [0, 0.1) is 5.41 Å². The van der Waals surface area contributed by atoms with Crippen LogP contribution in [-0.4, -0.2) is 30.0 Å². The maximum atomic E-state index is 12.4. The summed E-state index contributed by atoms with van der Waals surface area (Å²) in [7, 11) is 0. The fourth-order valence-corrected chi connectivity index (χ4v) is 4.02. The molecule has 0 aromatic heterocycles. The number of rotatable bonds is 3. The predicted octanol–water partition coefficient (Wildman–Crippen LogP) is 1.91. The van der Waals surface area contributed by atoms with Crippen LogP contribution in [0.3, 0.4) is 0 Å². The van der Waals surface area contributed by atoms with Gasteiger partial charge in [0.2, 0.25) is 5.91 Å². The summed E-state index contributed by atoms with van der Waals surface area (Å²) in [5, 5.41) is 3.24. The molecule has 1 heterocycles. The lowest BCUT2D eigenvalue weighted by Gasteiger charge is -2.36. The van der Waals surface area contributed by atoms with Crippen molar-refractivity contribution < 1.29 is 4.79 Å². The van der Waals surface area contributed by atoms with Gasteiger partial charge in [-0.05, 0) is 31.4 Å². The van der Waals surface area contributed by atoms with Gasteiger partial charge in [-0.15, -0.1) is 0 Å². The molecule has 0 radical (unpaired) electrons. The lowest BCUT2D eigenvalue weighted by atomic mass is 9.73. The van der Waals surface area contributed by atoms with Gasteiger partial charge in [-0.25, -0.2) is 0 Å². The summed E-state index contributed by atoms with van der Waals surface area (Å²) in [6.07, 6.45) is 7.90. The molecule has 3 nitrogen and oxygen atoms in total. The zero-order chi connectivity index (χ0) is 12.1. The first kappa shape index (κ1) is 13.2. The molecular weight excluding hydrogens is 232 g/mol. The van der Waals surface area contributed by atoms with Crippen molar-refractivity contribution in [1.29, 1.82) is 0 Å². The highest BCUT2D eigenvalue weighted by Crippen LogP contribution is 2.36. The molecule has 2 aliphatic rings. The minimum absolute atomic E-state index is 0.229. The normalized spacial score (nSPS) is 28.6. The van der Waals surface area contributed by atoms with Gasteiger partial charge in [-0.1, -0.05) is 19.3 Å². The van der Waals surface area contributed by atoms with Crippen LogP contribution in [0.5, 0.6) is 0 Å². The van der Waals surface area contributed by atoms with E-state index in [0.717, 1.165) is 37.9 Å². The quantitative estimate of drug-likeness (QED) is 0.811. The molecule has 1 saturated carbocycles. The van der Waals surface area contributed by atoms with E-state index in [1.54, 1.807) is 0 Å². The van der Waals surface area contributed by atoms with E-state index in [2.05, 4.69) is 5.32 Å². The van der Waals surface area contributed by atoms with Crippen molar-refractivity contribution in [3.63, 3.8) is 0 Å². The lowest BCUT2D eigenvalue weighted by Crippen LogP contribution is -2.51. The Kier molecular flexibility index (Phi) is 4.74. The van der Waals surface area contributed by atoms with Crippen LogP contribution in [-0.2, 0) is 4.79 Å². The smallest absolute Gasteiger partial charge is 0.227 e. The average molecular weight is 256 g/mol. The van der Waals surface area contributed by atoms with Crippen LogP contribution in [0.1, 0.15) is 44.9 Å². The molecule has 1 amide bonds. The van der Waals surface area contributed by atoms with Gasteiger partial charge < -0.3 is 11.1 Å². The topological polar surface area (TPSA) is 55.1 Å². The number of hydrogen-bond donors (Lipinski definition) is 2. The molecule has 0 spiro atoms. The second-order valence-electron chi connectivity index (χ2n) is 5.43. The number of nitrogens with two attached hydrogens (primary N) is 1. The van der Waals surface area contributed by atoms with Gasteiger partial charge in [0.05, 0.1) is 5.41 Å². The Balaban J connectivity index is 1.91. The molecular formula is C13H24N2OS. The lowest BCUT2D eigenvalue weighted by molar-refractivity contribution is -0.133. The summed E-state index contributed by atoms with van der Waals surface area (Å²) < 4.78 is 0. The Hall–Kier alpha value is -0.220. The van der Waals surface area contributed by atoms with Crippen molar-refractivity contribution in [2.75, 3.05) is 18.1 Å². The second kappa shape index (κ2) is 6.10. The van der Waals surface area contributed by atoms with Crippen molar-refractivity contribution in [3.05, 3.63) is 0 Å². The number of nitrogens with one attached hydrogen (secondary N) is 1. The zero-order valence-corrected chi connectivity index (χ0v) is 11.4. The largest absolute Gasteiger partial charge is 0.352 e. The van der Waals surface area contributed by atoms with E-state index in [9.17, 15) is 4.79 Å². The molecule has 1 aliphatic heterocycles. The molecule has 17 heavy (non-hydrogen) atoms. The first-order valence-corrected chi connectivity index (χ1v) is 8.01. The molecule has 3 N–H and O–H groups in total. The molecule has 1 aliphatic carbocycles. The minimum atomic E-state index is -0.250. The van der Waals surface area contributed by atoms with Crippen molar-refractivity contribution in [2.45, 2.75) is 51.0 Å². The molecule has 0 bridgehead atoms. The van der Waals surface area contributed by atoms with E-state index in [0.29, 0.717) is 12.6 Å². The Bertz CT molecular complexity index is 258. The highest BCUT2D eigenvalue weighted by molar-refractivity contribution is 7.99. The van der Waals surface area contributed by atoms with Crippen LogP contribution < -0.4 is 11.1 Å². The molecule has 2 fully saturated rings. The van der Waals surface area contributed by atoms with E-state index >= 15 is 0 Å². The zero-order valence-electron chi connectivity index (χ0n) is 10.5. The summed E-state index contributed by atoms with van der Waals surface area (Å²) in [5.74, 6) is 2.55. The maximum Gasteiger partial charge on any atom is 0.227 e. The molecule has 1 unspecified atom stereocenters. The van der Waals surface area contributed by atoms with Crippen LogP contribution in [0.4, 0.5) is 0 Å². The van der Waals surface area contributed by atoms with E-state index in [4.69, 9.17) is 5.73 Å². The summed E-state index contributed by atoms with van der Waals surface area (Å²) >= 11 is 1.95. The van der Waals surface area contributed by atoms with Gasteiger partial charge in [0.25, 0.3) is 0 Å². The average Bonchev–Trinajstić information content (AvgIpc) is 2.40. The second-order valence-corrected chi connectivity index (χ2v) is 6.58. The standard InChI is InChI=1S/C13H24N2OS/c14-10-13(6-2-1-3-7-13)12(16)15-11-5-4-8-17-9-11/h11H,1-10,14H2,(H,15,16). The van der Waals surface area contributed by atoms with Gasteiger partial charge >= 0.3 is 0 Å². The first-order chi connectivity index (χ1) is 8.27. The predicted molar refractivity (Wildman–Crippen MR) is 73.1 cm³/mol. The van der Waals surface area contributed by atoms with Gasteiger partial charge in [-0.3, -0.25) is 4.79 Å². The van der Waals surface area contributed by atoms with Crippen molar-refractivity contribution in [3.8, 4) is 0 Å². The van der Waals surface area contributed by atoms with Crippen LogP contribution >= 0.6 is 11.8 Å². The SMILES string of the molecule is NCC1(C(=O)NC2CCCSC2)CCCCC1. The fraction of sp³-hybridized carbons (Fsp3) is 0.923. The Morgan fingerprint density at radius 2 is 2.06 bits per heavy atom. The number of carbonyl (C=O) groups excluding carboxylic acids is 1. The third-order valence-electron chi connectivity index (χ3n) is 4.18. The summed E-state index contributed by atoms with van der Waals surface area (Å²) in [4.78, 5) is 12.4. The fourth-order valence-electron chi connectivity index (χ4n) is 2.95. The first-order valence-electron chi connectivity index (χ1n) is 6.86. The molecule has 0 aromatic rings. The highest BCUT2D eigenvalue weighted by Gasteiger charge is 2.38. The van der Waals surface area contributed by atoms with E-state index in [1.807, 2.05) is 11.8 Å². The monoisotopic (exact) mass is 256 g/mol. The summed E-state index contributed by atoms with van der Waals surface area (Å²) in [5.41, 5.74) is 5.63. The van der Waals surface area contributed by atoms with E-state index < -0.39 is 0 Å². The molecule has 2 rings (SSSR count). The summed E-state index contributed by atoms with van der Waals surface area (Å²) in [6, 6.07) is 0.381. The highest BCUT2D eigenvalue weighted by atomic mass is 32.2. The Morgan fingerprint density at radius 1 is 1.29 bits per heavy atom. The third-order valence-corrected chi connectivity index (χ3v) is 5.39. The van der Waals surface area contributed by atoms with Crippen molar-refractivity contribution >= 4 is 17.7 Å². The van der Waals surface area contributed by atoms with Gasteiger partial charge in [0, 0.05) is 18.3 Å². The number of thioether (sulfide) groups is 1. The van der Waals surface area contributed by atoms with Crippen LogP contribution in [0.15, 0.2) is 0 Å². The Labute approximate surface area is 108 Å². The molecule has 0 aromatic carbocycles.